The van der Waals surface area contributed by atoms with Crippen LogP contribution in [0, 0.1) is 5.92 Å². The summed E-state index contributed by atoms with van der Waals surface area (Å²) in [5.41, 5.74) is 5.69. The van der Waals surface area contributed by atoms with Crippen LogP contribution in [0.25, 0.3) is 0 Å². The molecule has 27 heavy (non-hydrogen) atoms. The SMILES string of the molecule is COc1ccccc1C(=O)N[C@H](C(=O)NNC(=S)NC1CCCC1)C(C)C. The number of methoxy groups -OCH3 is 1. The number of thiocarbonyl (C=S) groups is 1. The summed E-state index contributed by atoms with van der Waals surface area (Å²) in [4.78, 5) is 25.1. The largest absolute Gasteiger partial charge is 0.496 e. The van der Waals surface area contributed by atoms with E-state index in [1.165, 1.54) is 20.0 Å². The van der Waals surface area contributed by atoms with Gasteiger partial charge in [0.05, 0.1) is 12.7 Å². The summed E-state index contributed by atoms with van der Waals surface area (Å²) in [7, 11) is 1.50. The van der Waals surface area contributed by atoms with Gasteiger partial charge < -0.3 is 15.4 Å². The Hall–Kier alpha value is -2.35. The van der Waals surface area contributed by atoms with E-state index in [2.05, 4.69) is 21.5 Å². The molecule has 2 rings (SSSR count). The number of nitrogens with one attached hydrogen (secondary N) is 4. The molecule has 1 aromatic carbocycles. The number of hydrogen-bond donors (Lipinski definition) is 4. The molecule has 2 amide bonds. The Balaban J connectivity index is 1.92. The second-order valence-electron chi connectivity index (χ2n) is 6.96. The molecule has 0 unspecified atom stereocenters. The molecule has 0 bridgehead atoms. The van der Waals surface area contributed by atoms with E-state index in [9.17, 15) is 9.59 Å². The molecule has 148 valence electrons. The minimum atomic E-state index is -0.718. The van der Waals surface area contributed by atoms with Crippen LogP contribution in [0.2, 0.25) is 0 Å². The van der Waals surface area contributed by atoms with Gasteiger partial charge in [0.1, 0.15) is 11.8 Å². The van der Waals surface area contributed by atoms with Gasteiger partial charge in [0.2, 0.25) is 0 Å². The highest BCUT2D eigenvalue weighted by Gasteiger charge is 2.26. The van der Waals surface area contributed by atoms with Crippen molar-refractivity contribution in [3.05, 3.63) is 29.8 Å². The monoisotopic (exact) mass is 392 g/mol. The Kier molecular flexibility index (Phi) is 7.84. The van der Waals surface area contributed by atoms with Gasteiger partial charge >= 0.3 is 0 Å². The Morgan fingerprint density at radius 2 is 1.81 bits per heavy atom. The number of hydrazine groups is 1. The minimum Gasteiger partial charge on any atom is -0.496 e. The first-order valence-electron chi connectivity index (χ1n) is 9.22. The molecule has 0 aromatic heterocycles. The molecular weight excluding hydrogens is 364 g/mol. The van der Waals surface area contributed by atoms with Gasteiger partial charge in [0, 0.05) is 6.04 Å². The number of ether oxygens (including phenoxy) is 1. The fraction of sp³-hybridized carbons (Fsp3) is 0.526. The Labute approximate surface area is 165 Å². The van der Waals surface area contributed by atoms with Crippen LogP contribution in [0.15, 0.2) is 24.3 Å². The van der Waals surface area contributed by atoms with E-state index >= 15 is 0 Å². The molecule has 4 N–H and O–H groups in total. The highest BCUT2D eigenvalue weighted by atomic mass is 32.1. The summed E-state index contributed by atoms with van der Waals surface area (Å²) < 4.78 is 5.21. The van der Waals surface area contributed by atoms with Crippen molar-refractivity contribution in [2.75, 3.05) is 7.11 Å². The molecule has 1 aliphatic carbocycles. The van der Waals surface area contributed by atoms with Crippen molar-refractivity contribution in [1.82, 2.24) is 21.5 Å². The maximum atomic E-state index is 12.6. The molecule has 0 saturated heterocycles. The van der Waals surface area contributed by atoms with Crippen LogP contribution in [-0.4, -0.2) is 36.1 Å². The first-order valence-corrected chi connectivity index (χ1v) is 9.63. The van der Waals surface area contributed by atoms with Crippen LogP contribution in [0.5, 0.6) is 5.75 Å². The molecule has 1 saturated carbocycles. The predicted octanol–water partition coefficient (Wildman–Crippen LogP) is 1.89. The van der Waals surface area contributed by atoms with Crippen molar-refractivity contribution in [2.45, 2.75) is 51.6 Å². The van der Waals surface area contributed by atoms with Crippen LogP contribution in [0.3, 0.4) is 0 Å². The quantitative estimate of drug-likeness (QED) is 0.437. The van der Waals surface area contributed by atoms with Gasteiger partial charge in [0.25, 0.3) is 11.8 Å². The van der Waals surface area contributed by atoms with Gasteiger partial charge in [-0.15, -0.1) is 0 Å². The molecule has 1 aromatic rings. The smallest absolute Gasteiger partial charge is 0.261 e. The van der Waals surface area contributed by atoms with Gasteiger partial charge in [-0.25, -0.2) is 0 Å². The van der Waals surface area contributed by atoms with Gasteiger partial charge in [-0.05, 0) is 43.1 Å². The normalized spacial score (nSPS) is 15.1. The van der Waals surface area contributed by atoms with Crippen molar-refractivity contribution in [2.24, 2.45) is 5.92 Å². The molecule has 1 fully saturated rings. The second-order valence-corrected chi connectivity index (χ2v) is 7.37. The summed E-state index contributed by atoms with van der Waals surface area (Å²) >= 11 is 5.22. The molecule has 1 aliphatic rings. The van der Waals surface area contributed by atoms with E-state index in [1.807, 2.05) is 13.8 Å². The zero-order valence-electron chi connectivity index (χ0n) is 16.0. The van der Waals surface area contributed by atoms with Crippen LogP contribution in [-0.2, 0) is 4.79 Å². The highest BCUT2D eigenvalue weighted by Crippen LogP contribution is 2.18. The van der Waals surface area contributed by atoms with Crippen LogP contribution < -0.4 is 26.2 Å². The lowest BCUT2D eigenvalue weighted by molar-refractivity contribution is -0.124. The average Bonchev–Trinajstić information content (AvgIpc) is 3.16. The summed E-state index contributed by atoms with van der Waals surface area (Å²) in [5.74, 6) is -0.378. The zero-order chi connectivity index (χ0) is 19.8. The van der Waals surface area contributed by atoms with Crippen molar-refractivity contribution in [3.8, 4) is 5.75 Å². The van der Waals surface area contributed by atoms with Crippen LogP contribution >= 0.6 is 12.2 Å². The molecule has 1 atom stereocenters. The number of hydrogen-bond acceptors (Lipinski definition) is 4. The van der Waals surface area contributed by atoms with Gasteiger partial charge in [-0.2, -0.15) is 0 Å². The first-order chi connectivity index (χ1) is 12.9. The predicted molar refractivity (Wildman–Crippen MR) is 108 cm³/mol. The van der Waals surface area contributed by atoms with Crippen LogP contribution in [0.4, 0.5) is 0 Å². The van der Waals surface area contributed by atoms with Crippen molar-refractivity contribution >= 4 is 29.1 Å². The van der Waals surface area contributed by atoms with Crippen LogP contribution in [0.1, 0.15) is 49.9 Å². The standard InChI is InChI=1S/C19H28N4O3S/c1-12(2)16(21-17(24)14-10-6-7-11-15(14)26-3)18(25)22-23-19(27)20-13-8-4-5-9-13/h6-7,10-13,16H,4-5,8-9H2,1-3H3,(H,21,24)(H,22,25)(H2,20,23,27)/t16-/m0/s1. The zero-order valence-corrected chi connectivity index (χ0v) is 16.8. The number of amides is 2. The van der Waals surface area contributed by atoms with E-state index < -0.39 is 6.04 Å². The number of para-hydroxylation sites is 1. The van der Waals surface area contributed by atoms with E-state index in [0.717, 1.165) is 12.8 Å². The fourth-order valence-corrected chi connectivity index (χ4v) is 3.29. The molecule has 0 radical (unpaired) electrons. The number of carbonyl (C=O) groups excluding carboxylic acids is 2. The van der Waals surface area contributed by atoms with E-state index in [0.29, 0.717) is 22.5 Å². The maximum absolute atomic E-state index is 12.6. The lowest BCUT2D eigenvalue weighted by Gasteiger charge is -2.23. The summed E-state index contributed by atoms with van der Waals surface area (Å²) in [6.07, 6.45) is 4.55. The third kappa shape index (κ3) is 6.09. The molecular formula is C19H28N4O3S. The number of rotatable bonds is 6. The van der Waals surface area contributed by atoms with Gasteiger partial charge in [-0.1, -0.05) is 38.8 Å². The van der Waals surface area contributed by atoms with E-state index in [-0.39, 0.29) is 17.7 Å². The Morgan fingerprint density at radius 3 is 2.44 bits per heavy atom. The highest BCUT2D eigenvalue weighted by molar-refractivity contribution is 7.80. The second kappa shape index (κ2) is 10.1. The topological polar surface area (TPSA) is 91.5 Å². The average molecular weight is 393 g/mol. The molecule has 0 heterocycles. The van der Waals surface area contributed by atoms with E-state index in [1.54, 1.807) is 24.3 Å². The van der Waals surface area contributed by atoms with Crippen molar-refractivity contribution < 1.29 is 14.3 Å². The lowest BCUT2D eigenvalue weighted by Crippen LogP contribution is -2.56. The maximum Gasteiger partial charge on any atom is 0.261 e. The van der Waals surface area contributed by atoms with Gasteiger partial charge in [-0.3, -0.25) is 20.4 Å². The molecule has 7 nitrogen and oxygen atoms in total. The molecule has 0 spiro atoms. The van der Waals surface area contributed by atoms with Crippen molar-refractivity contribution in [3.63, 3.8) is 0 Å². The third-order valence-corrected chi connectivity index (χ3v) is 4.80. The number of benzene rings is 1. The molecule has 0 aliphatic heterocycles. The first kappa shape index (κ1) is 21.0. The Bertz CT molecular complexity index is 675. The molecule has 8 heteroatoms. The number of carbonyl (C=O) groups is 2. The summed E-state index contributed by atoms with van der Waals surface area (Å²) in [5, 5.41) is 6.34. The minimum absolute atomic E-state index is 0.109. The van der Waals surface area contributed by atoms with E-state index in [4.69, 9.17) is 17.0 Å². The summed E-state index contributed by atoms with van der Waals surface area (Å²) in [6.45, 7) is 3.73. The lowest BCUT2D eigenvalue weighted by atomic mass is 10.0. The summed E-state index contributed by atoms with van der Waals surface area (Å²) in [6, 6.07) is 6.52. The van der Waals surface area contributed by atoms with Gasteiger partial charge in [0.15, 0.2) is 5.11 Å². The third-order valence-electron chi connectivity index (χ3n) is 4.58. The Morgan fingerprint density at radius 1 is 1.15 bits per heavy atom. The fourth-order valence-electron chi connectivity index (χ4n) is 3.07. The van der Waals surface area contributed by atoms with Crippen molar-refractivity contribution in [1.29, 1.82) is 0 Å².